The summed E-state index contributed by atoms with van der Waals surface area (Å²) in [6.45, 7) is 0. The van der Waals surface area contributed by atoms with Crippen molar-refractivity contribution in [3.63, 3.8) is 0 Å². The molecule has 15 heavy (non-hydrogen) atoms. The number of hydrogen-bond acceptors (Lipinski definition) is 2. The largest absolute Gasteiger partial charge is 0.495 e. The first kappa shape index (κ1) is 13.0. The molecule has 0 aliphatic rings. The molecule has 1 unspecified atom stereocenters. The molecule has 1 aromatic carbocycles. The lowest BCUT2D eigenvalue weighted by atomic mass is 10.1. The van der Waals surface area contributed by atoms with Gasteiger partial charge in [0.15, 0.2) is 0 Å². The first-order valence-electron chi connectivity index (χ1n) is 3.97. The number of aliphatic hydroxyl groups is 1. The fraction of sp³-hybridized carbons (Fsp3) is 0.333. The van der Waals surface area contributed by atoms with Gasteiger partial charge in [-0.05, 0) is 28.1 Å². The monoisotopic (exact) mass is 316 g/mol. The summed E-state index contributed by atoms with van der Waals surface area (Å²) in [6.07, 6.45) is -1.33. The van der Waals surface area contributed by atoms with E-state index in [1.807, 2.05) is 0 Å². The fourth-order valence-corrected chi connectivity index (χ4v) is 1.92. The molecule has 0 saturated carbocycles. The number of rotatable bonds is 3. The predicted molar refractivity (Wildman–Crippen MR) is 61.1 cm³/mol. The lowest BCUT2D eigenvalue weighted by Crippen LogP contribution is -2.10. The average molecular weight is 318 g/mol. The average Bonchev–Trinajstić information content (AvgIpc) is 2.19. The summed E-state index contributed by atoms with van der Waals surface area (Å²) >= 11 is 14.2. The van der Waals surface area contributed by atoms with E-state index in [1.165, 1.54) is 19.2 Å². The van der Waals surface area contributed by atoms with Crippen molar-refractivity contribution in [3.05, 3.63) is 28.0 Å². The van der Waals surface area contributed by atoms with Gasteiger partial charge >= 0.3 is 0 Å². The summed E-state index contributed by atoms with van der Waals surface area (Å²) in [6, 6.07) is 2.67. The smallest absolute Gasteiger partial charge is 0.141 e. The molecule has 1 atom stereocenters. The normalized spacial score (nSPS) is 13.0. The Morgan fingerprint density at radius 2 is 2.07 bits per heavy atom. The van der Waals surface area contributed by atoms with Crippen LogP contribution in [0.15, 0.2) is 16.6 Å². The highest BCUT2D eigenvalue weighted by molar-refractivity contribution is 9.10. The van der Waals surface area contributed by atoms with E-state index < -0.39 is 16.8 Å². The zero-order valence-corrected chi connectivity index (χ0v) is 10.8. The summed E-state index contributed by atoms with van der Waals surface area (Å²) in [5, 5.41) is 9.61. The Kier molecular flexibility index (Phi) is 4.64. The van der Waals surface area contributed by atoms with E-state index in [-0.39, 0.29) is 11.3 Å². The minimum atomic E-state index is -1.33. The second-order valence-electron chi connectivity index (χ2n) is 2.76. The van der Waals surface area contributed by atoms with Crippen molar-refractivity contribution < 1.29 is 14.2 Å². The van der Waals surface area contributed by atoms with Gasteiger partial charge in [0.05, 0.1) is 17.1 Å². The molecule has 6 heteroatoms. The predicted octanol–water partition coefficient (Wildman–Crippen LogP) is 3.43. The van der Waals surface area contributed by atoms with Crippen LogP contribution in [0.2, 0.25) is 0 Å². The van der Waals surface area contributed by atoms with Gasteiger partial charge < -0.3 is 9.84 Å². The van der Waals surface area contributed by atoms with Crippen LogP contribution in [-0.4, -0.2) is 17.1 Å². The van der Waals surface area contributed by atoms with Crippen LogP contribution in [0.25, 0.3) is 0 Å². The summed E-state index contributed by atoms with van der Waals surface area (Å²) in [4.78, 5) is -1.12. The maximum Gasteiger partial charge on any atom is 0.141 e. The van der Waals surface area contributed by atoms with Gasteiger partial charge in [-0.25, -0.2) is 4.39 Å². The third-order valence-electron chi connectivity index (χ3n) is 1.83. The number of methoxy groups -OCH3 is 1. The number of halogens is 4. The Bertz CT molecular complexity index is 360. The van der Waals surface area contributed by atoms with Crippen molar-refractivity contribution in [2.45, 2.75) is 10.9 Å². The zero-order valence-electron chi connectivity index (χ0n) is 7.68. The fourth-order valence-electron chi connectivity index (χ4n) is 1.16. The van der Waals surface area contributed by atoms with E-state index in [1.54, 1.807) is 0 Å². The molecule has 84 valence electrons. The van der Waals surface area contributed by atoms with Gasteiger partial charge in [0, 0.05) is 0 Å². The molecule has 0 fully saturated rings. The molecule has 0 amide bonds. The minimum Gasteiger partial charge on any atom is -0.495 e. The molecule has 0 radical (unpaired) electrons. The zero-order chi connectivity index (χ0) is 11.6. The van der Waals surface area contributed by atoms with Crippen molar-refractivity contribution in [2.75, 3.05) is 7.11 Å². The van der Waals surface area contributed by atoms with Gasteiger partial charge in [0.25, 0.3) is 0 Å². The maximum absolute atomic E-state index is 13.4. The highest BCUT2D eigenvalue weighted by Crippen LogP contribution is 2.38. The van der Waals surface area contributed by atoms with Gasteiger partial charge in [-0.2, -0.15) is 0 Å². The van der Waals surface area contributed by atoms with Crippen LogP contribution in [0.1, 0.15) is 11.7 Å². The Labute approximate surface area is 105 Å². The van der Waals surface area contributed by atoms with Crippen LogP contribution in [0.5, 0.6) is 5.75 Å². The number of alkyl halides is 2. The van der Waals surface area contributed by atoms with E-state index in [2.05, 4.69) is 15.9 Å². The highest BCUT2D eigenvalue weighted by atomic mass is 79.9. The Balaban J connectivity index is 3.30. The van der Waals surface area contributed by atoms with E-state index in [4.69, 9.17) is 27.9 Å². The summed E-state index contributed by atoms with van der Waals surface area (Å²) in [5.74, 6) is -0.428. The third-order valence-corrected chi connectivity index (χ3v) is 2.94. The van der Waals surface area contributed by atoms with Crippen molar-refractivity contribution in [1.82, 2.24) is 0 Å². The van der Waals surface area contributed by atoms with Crippen LogP contribution in [0, 0.1) is 5.82 Å². The third kappa shape index (κ3) is 2.75. The number of hydrogen-bond donors (Lipinski definition) is 1. The summed E-state index contributed by atoms with van der Waals surface area (Å²) < 4.78 is 18.9. The van der Waals surface area contributed by atoms with Gasteiger partial charge in [-0.1, -0.05) is 0 Å². The first-order chi connectivity index (χ1) is 6.99. The summed E-state index contributed by atoms with van der Waals surface area (Å²) in [5.41, 5.74) is -0.0538. The van der Waals surface area contributed by atoms with Crippen LogP contribution in [-0.2, 0) is 0 Å². The molecule has 0 aliphatic carbocycles. The number of benzene rings is 1. The van der Waals surface area contributed by atoms with E-state index in [0.717, 1.165) is 0 Å². The van der Waals surface area contributed by atoms with Crippen LogP contribution >= 0.6 is 39.1 Å². The molecule has 0 heterocycles. The van der Waals surface area contributed by atoms with E-state index >= 15 is 0 Å². The Morgan fingerprint density at radius 1 is 1.47 bits per heavy atom. The number of aliphatic hydroxyl groups excluding tert-OH is 1. The molecule has 1 N–H and O–H groups in total. The molecular formula is C9H8BrCl2FO2. The highest BCUT2D eigenvalue weighted by Gasteiger charge is 2.25. The number of ether oxygens (including phenoxy) is 1. The second kappa shape index (κ2) is 5.34. The Morgan fingerprint density at radius 3 is 2.53 bits per heavy atom. The molecule has 0 aromatic heterocycles. The van der Waals surface area contributed by atoms with Crippen LogP contribution in [0.3, 0.4) is 0 Å². The maximum atomic E-state index is 13.4. The lowest BCUT2D eigenvalue weighted by molar-refractivity contribution is 0.182. The molecular weight excluding hydrogens is 310 g/mol. The van der Waals surface area contributed by atoms with Crippen molar-refractivity contribution in [2.24, 2.45) is 0 Å². The molecule has 1 rings (SSSR count). The van der Waals surface area contributed by atoms with Gasteiger partial charge in [-0.15, -0.1) is 23.2 Å². The van der Waals surface area contributed by atoms with E-state index in [0.29, 0.717) is 4.47 Å². The Hall–Kier alpha value is -0.0300. The van der Waals surface area contributed by atoms with Crippen LogP contribution < -0.4 is 4.74 Å². The second-order valence-corrected chi connectivity index (χ2v) is 4.77. The SMILES string of the molecule is COc1c(Br)ccc(F)c1C(O)C(Cl)Cl. The summed E-state index contributed by atoms with van der Waals surface area (Å²) in [7, 11) is 1.37. The quantitative estimate of drug-likeness (QED) is 0.865. The molecule has 0 aliphatic heterocycles. The van der Waals surface area contributed by atoms with Gasteiger partial charge in [0.1, 0.15) is 22.5 Å². The molecule has 1 aromatic rings. The van der Waals surface area contributed by atoms with Crippen molar-refractivity contribution >= 4 is 39.1 Å². The topological polar surface area (TPSA) is 29.5 Å². The van der Waals surface area contributed by atoms with Crippen molar-refractivity contribution in [3.8, 4) is 5.75 Å². The molecule has 0 spiro atoms. The molecule has 0 saturated heterocycles. The van der Waals surface area contributed by atoms with Gasteiger partial charge in [-0.3, -0.25) is 0 Å². The first-order valence-corrected chi connectivity index (χ1v) is 5.63. The minimum absolute atomic E-state index is 0.0538. The van der Waals surface area contributed by atoms with Gasteiger partial charge in [0.2, 0.25) is 0 Å². The lowest BCUT2D eigenvalue weighted by Gasteiger charge is -2.17. The molecule has 2 nitrogen and oxygen atoms in total. The standard InChI is InChI=1S/C9H8BrCl2FO2/c1-15-8-4(10)2-3-5(13)6(8)7(14)9(11)12/h2-3,7,9,14H,1H3. The van der Waals surface area contributed by atoms with E-state index in [9.17, 15) is 9.50 Å². The molecule has 0 bridgehead atoms. The van der Waals surface area contributed by atoms with Crippen molar-refractivity contribution in [1.29, 1.82) is 0 Å². The van der Waals surface area contributed by atoms with Crippen LogP contribution in [0.4, 0.5) is 4.39 Å².